The zero-order valence-electron chi connectivity index (χ0n) is 19.9. The van der Waals surface area contributed by atoms with Crippen molar-refractivity contribution in [2.45, 2.75) is 6.92 Å². The highest BCUT2D eigenvalue weighted by atomic mass is 16.6. The van der Waals surface area contributed by atoms with Crippen molar-refractivity contribution in [1.29, 1.82) is 0 Å². The van der Waals surface area contributed by atoms with Crippen molar-refractivity contribution in [3.05, 3.63) is 23.8 Å². The van der Waals surface area contributed by atoms with Crippen LogP contribution in [0.5, 0.6) is 0 Å². The molecule has 1 rings (SSSR count). The number of benzene rings is 1. The third-order valence-electron chi connectivity index (χ3n) is 4.59. The van der Waals surface area contributed by atoms with Gasteiger partial charge >= 0.3 is 0 Å². The van der Waals surface area contributed by atoms with Crippen LogP contribution in [-0.2, 0) is 28.4 Å². The Morgan fingerprint density at radius 2 is 1.03 bits per heavy atom. The first kappa shape index (κ1) is 29.5. The van der Waals surface area contributed by atoms with E-state index < -0.39 is 0 Å². The Morgan fingerprint density at radius 3 is 1.42 bits per heavy atom. The third kappa shape index (κ3) is 15.9. The van der Waals surface area contributed by atoms with Crippen molar-refractivity contribution in [1.82, 2.24) is 0 Å². The number of aliphatic hydroxyl groups is 2. The molecule has 0 radical (unpaired) electrons. The molecule has 0 fully saturated rings. The van der Waals surface area contributed by atoms with Gasteiger partial charge in [0.15, 0.2) is 0 Å². The molecule has 0 atom stereocenters. The minimum absolute atomic E-state index is 0.0213. The van der Waals surface area contributed by atoms with Crippen LogP contribution < -0.4 is 10.6 Å². The topological polar surface area (TPSA) is 125 Å². The molecule has 4 N–H and O–H groups in total. The van der Waals surface area contributed by atoms with E-state index in [-0.39, 0.29) is 13.2 Å². The van der Waals surface area contributed by atoms with Crippen LogP contribution in [0.15, 0.2) is 18.2 Å². The molecule has 0 spiro atoms. The highest BCUT2D eigenvalue weighted by Crippen LogP contribution is 2.20. The second kappa shape index (κ2) is 21.1. The van der Waals surface area contributed by atoms with Gasteiger partial charge in [-0.3, -0.25) is 0 Å². The maximum absolute atomic E-state index is 8.64. The minimum atomic E-state index is 0.0213. The van der Waals surface area contributed by atoms with Crippen LogP contribution >= 0.6 is 0 Å². The molecule has 1 aromatic carbocycles. The summed E-state index contributed by atoms with van der Waals surface area (Å²) in [5.41, 5.74) is 8.84. The second-order valence-electron chi connectivity index (χ2n) is 7.15. The fraction of sp³-hybridized carbons (Fsp3) is 0.739. The number of aryl methyl sites for hydroxylation is 1. The standard InChI is InChI=1S/C23H42N2O8/c1-21-20-22(2-3-23(21)24)25(4-8-28-12-16-32-18-14-30-10-6-26)5-9-29-13-17-33-19-15-31-11-7-27/h2-3,20,26-27H,4-19,24H2,1H3. The number of hydrogen-bond donors (Lipinski definition) is 3. The van der Waals surface area contributed by atoms with Gasteiger partial charge in [-0.1, -0.05) is 0 Å². The molecule has 1 aromatic rings. The van der Waals surface area contributed by atoms with Crippen LogP contribution in [0.2, 0.25) is 0 Å². The molecule has 192 valence electrons. The Hall–Kier alpha value is -1.50. The van der Waals surface area contributed by atoms with Crippen LogP contribution in [0.25, 0.3) is 0 Å². The van der Waals surface area contributed by atoms with Gasteiger partial charge in [-0.05, 0) is 30.7 Å². The van der Waals surface area contributed by atoms with Gasteiger partial charge in [-0.25, -0.2) is 0 Å². The number of hydrogen-bond acceptors (Lipinski definition) is 10. The first-order chi connectivity index (χ1) is 16.2. The highest BCUT2D eigenvalue weighted by Gasteiger charge is 2.08. The van der Waals surface area contributed by atoms with E-state index in [1.54, 1.807) is 0 Å². The van der Waals surface area contributed by atoms with Crippen LogP contribution in [0.3, 0.4) is 0 Å². The van der Waals surface area contributed by atoms with Crippen molar-refractivity contribution in [3.63, 3.8) is 0 Å². The fourth-order valence-corrected chi connectivity index (χ4v) is 2.79. The van der Waals surface area contributed by atoms with E-state index in [0.717, 1.165) is 16.9 Å². The Labute approximate surface area is 197 Å². The molecule has 10 heteroatoms. The molecule has 0 aromatic heterocycles. The molecule has 0 heterocycles. The highest BCUT2D eigenvalue weighted by molar-refractivity contribution is 5.58. The summed E-state index contributed by atoms with van der Waals surface area (Å²) in [6, 6.07) is 5.99. The average Bonchev–Trinajstić information content (AvgIpc) is 2.82. The molecule has 0 bridgehead atoms. The van der Waals surface area contributed by atoms with Gasteiger partial charge in [0.2, 0.25) is 0 Å². The number of nitrogens with zero attached hydrogens (tertiary/aromatic N) is 1. The van der Waals surface area contributed by atoms with Gasteiger partial charge in [0.05, 0.1) is 92.5 Å². The number of nitrogen functional groups attached to an aromatic ring is 1. The van der Waals surface area contributed by atoms with Gasteiger partial charge in [0, 0.05) is 24.5 Å². The zero-order chi connectivity index (χ0) is 24.0. The van der Waals surface area contributed by atoms with E-state index in [9.17, 15) is 0 Å². The molecule has 0 aliphatic carbocycles. The molecular formula is C23H42N2O8. The lowest BCUT2D eigenvalue weighted by atomic mass is 10.1. The van der Waals surface area contributed by atoms with Crippen LogP contribution in [-0.4, -0.2) is 116 Å². The molecule has 0 amide bonds. The van der Waals surface area contributed by atoms with Crippen molar-refractivity contribution in [2.24, 2.45) is 0 Å². The largest absolute Gasteiger partial charge is 0.399 e. The normalized spacial score (nSPS) is 11.2. The number of anilines is 2. The van der Waals surface area contributed by atoms with E-state index in [4.69, 9.17) is 44.4 Å². The van der Waals surface area contributed by atoms with E-state index in [0.29, 0.717) is 92.4 Å². The van der Waals surface area contributed by atoms with Crippen molar-refractivity contribution < 1.29 is 38.6 Å². The Kier molecular flexibility index (Phi) is 18.8. The van der Waals surface area contributed by atoms with Gasteiger partial charge in [0.25, 0.3) is 0 Å². The molecular weight excluding hydrogens is 432 g/mol. The number of ether oxygens (including phenoxy) is 6. The van der Waals surface area contributed by atoms with Crippen molar-refractivity contribution in [3.8, 4) is 0 Å². The Balaban J connectivity index is 2.24. The van der Waals surface area contributed by atoms with Crippen LogP contribution in [0.1, 0.15) is 5.56 Å². The summed E-state index contributed by atoms with van der Waals surface area (Å²) in [7, 11) is 0. The SMILES string of the molecule is Cc1cc(N(CCOCCOCCOCCO)CCOCCOCCOCCO)ccc1N. The lowest BCUT2D eigenvalue weighted by Crippen LogP contribution is -2.31. The third-order valence-corrected chi connectivity index (χ3v) is 4.59. The monoisotopic (exact) mass is 474 g/mol. The predicted octanol–water partition coefficient (Wildman–Crippen LogP) is 0.468. The van der Waals surface area contributed by atoms with E-state index in [2.05, 4.69) is 11.0 Å². The number of aliphatic hydroxyl groups excluding tert-OH is 2. The Bertz CT molecular complexity index is 555. The first-order valence-electron chi connectivity index (χ1n) is 11.5. The molecule has 10 nitrogen and oxygen atoms in total. The van der Waals surface area contributed by atoms with Gasteiger partial charge in [-0.15, -0.1) is 0 Å². The summed E-state index contributed by atoms with van der Waals surface area (Å²) in [5.74, 6) is 0. The summed E-state index contributed by atoms with van der Waals surface area (Å²) in [6.07, 6.45) is 0. The summed E-state index contributed by atoms with van der Waals surface area (Å²) < 4.78 is 32.5. The maximum Gasteiger partial charge on any atom is 0.0701 e. The first-order valence-corrected chi connectivity index (χ1v) is 11.5. The molecule has 0 aliphatic rings. The molecule has 0 unspecified atom stereocenters. The summed E-state index contributed by atoms with van der Waals surface area (Å²) >= 11 is 0. The van der Waals surface area contributed by atoms with E-state index in [1.165, 1.54) is 0 Å². The van der Waals surface area contributed by atoms with E-state index in [1.807, 2.05) is 19.1 Å². The quantitative estimate of drug-likeness (QED) is 0.152. The minimum Gasteiger partial charge on any atom is -0.399 e. The molecule has 33 heavy (non-hydrogen) atoms. The Morgan fingerprint density at radius 1 is 0.636 bits per heavy atom. The van der Waals surface area contributed by atoms with Gasteiger partial charge < -0.3 is 49.3 Å². The average molecular weight is 475 g/mol. The van der Waals surface area contributed by atoms with Gasteiger partial charge in [-0.2, -0.15) is 0 Å². The van der Waals surface area contributed by atoms with Crippen molar-refractivity contribution in [2.75, 3.05) is 116 Å². The maximum atomic E-state index is 8.64. The van der Waals surface area contributed by atoms with Crippen LogP contribution in [0, 0.1) is 6.92 Å². The molecule has 0 aliphatic heterocycles. The molecule has 0 saturated carbocycles. The number of nitrogens with two attached hydrogens (primary N) is 1. The molecule has 0 saturated heterocycles. The lowest BCUT2D eigenvalue weighted by molar-refractivity contribution is 0.00694. The fourth-order valence-electron chi connectivity index (χ4n) is 2.79. The summed E-state index contributed by atoms with van der Waals surface area (Å²) in [4.78, 5) is 2.21. The summed E-state index contributed by atoms with van der Waals surface area (Å²) in [5, 5.41) is 17.3. The lowest BCUT2D eigenvalue weighted by Gasteiger charge is -2.25. The van der Waals surface area contributed by atoms with Crippen molar-refractivity contribution >= 4 is 11.4 Å². The predicted molar refractivity (Wildman–Crippen MR) is 127 cm³/mol. The van der Waals surface area contributed by atoms with Gasteiger partial charge in [0.1, 0.15) is 0 Å². The van der Waals surface area contributed by atoms with E-state index >= 15 is 0 Å². The second-order valence-corrected chi connectivity index (χ2v) is 7.15. The summed E-state index contributed by atoms with van der Waals surface area (Å²) in [6.45, 7) is 9.15. The number of rotatable bonds is 23. The zero-order valence-corrected chi connectivity index (χ0v) is 19.9. The van der Waals surface area contributed by atoms with Crippen LogP contribution in [0.4, 0.5) is 11.4 Å². The smallest absolute Gasteiger partial charge is 0.0701 e.